The third-order valence-corrected chi connectivity index (χ3v) is 5.52. The highest BCUT2D eigenvalue weighted by molar-refractivity contribution is 6.07. The molecule has 29 heavy (non-hydrogen) atoms. The summed E-state index contributed by atoms with van der Waals surface area (Å²) in [6, 6.07) is 6.16. The molecule has 0 aromatic heterocycles. The second-order valence-electron chi connectivity index (χ2n) is 7.50. The maximum Gasteiger partial charge on any atom is 0.325 e. The zero-order chi connectivity index (χ0) is 21.0. The van der Waals surface area contributed by atoms with E-state index in [9.17, 15) is 19.2 Å². The first-order valence-corrected chi connectivity index (χ1v) is 9.88. The average molecular weight is 402 g/mol. The van der Waals surface area contributed by atoms with Crippen molar-refractivity contribution in [3.05, 3.63) is 29.8 Å². The second-order valence-corrected chi connectivity index (χ2v) is 7.50. The van der Waals surface area contributed by atoms with Crippen LogP contribution in [0.3, 0.4) is 0 Å². The number of methoxy groups -OCH3 is 1. The number of hydrogen-bond acceptors (Lipinski definition) is 6. The van der Waals surface area contributed by atoms with E-state index in [-0.39, 0.29) is 31.1 Å². The molecule has 1 saturated heterocycles. The van der Waals surface area contributed by atoms with Gasteiger partial charge in [0, 0.05) is 18.5 Å². The van der Waals surface area contributed by atoms with Crippen molar-refractivity contribution >= 4 is 23.7 Å². The zero-order valence-electron chi connectivity index (χ0n) is 16.7. The van der Waals surface area contributed by atoms with E-state index >= 15 is 0 Å². The number of nitrogens with one attached hydrogen (secondary N) is 1. The van der Waals surface area contributed by atoms with E-state index < -0.39 is 23.6 Å². The van der Waals surface area contributed by atoms with Gasteiger partial charge in [0.15, 0.2) is 6.10 Å². The van der Waals surface area contributed by atoms with Gasteiger partial charge in [-0.2, -0.15) is 0 Å². The molecular formula is C21H26N2O6. The van der Waals surface area contributed by atoms with Crippen molar-refractivity contribution in [2.24, 2.45) is 0 Å². The van der Waals surface area contributed by atoms with Gasteiger partial charge in [-0.3, -0.25) is 19.3 Å². The average Bonchev–Trinajstić information content (AvgIpc) is 3.27. The Morgan fingerprint density at radius 1 is 1.17 bits per heavy atom. The van der Waals surface area contributed by atoms with Crippen LogP contribution in [-0.2, 0) is 14.3 Å². The number of ketones is 1. The Labute approximate surface area is 169 Å². The van der Waals surface area contributed by atoms with Gasteiger partial charge in [0.2, 0.25) is 5.78 Å². The number of Topliss-reactive ketones (excluding diaryl/α,β-unsaturated/α-hetero) is 1. The minimum Gasteiger partial charge on any atom is -0.497 e. The lowest BCUT2D eigenvalue weighted by Crippen LogP contribution is -2.44. The molecule has 0 radical (unpaired) electrons. The van der Waals surface area contributed by atoms with Crippen LogP contribution >= 0.6 is 0 Å². The predicted molar refractivity (Wildman–Crippen MR) is 104 cm³/mol. The van der Waals surface area contributed by atoms with Crippen molar-refractivity contribution in [1.29, 1.82) is 0 Å². The van der Waals surface area contributed by atoms with Crippen molar-refractivity contribution < 1.29 is 28.7 Å². The summed E-state index contributed by atoms with van der Waals surface area (Å²) >= 11 is 0. The first kappa shape index (κ1) is 20.8. The van der Waals surface area contributed by atoms with Gasteiger partial charge >= 0.3 is 12.0 Å². The van der Waals surface area contributed by atoms with Gasteiger partial charge in [0.1, 0.15) is 11.3 Å². The molecular weight excluding hydrogens is 376 g/mol. The van der Waals surface area contributed by atoms with Crippen molar-refractivity contribution in [3.8, 4) is 5.75 Å². The highest BCUT2D eigenvalue weighted by Gasteiger charge is 2.52. The molecule has 1 aliphatic heterocycles. The van der Waals surface area contributed by atoms with Crippen molar-refractivity contribution in [1.82, 2.24) is 10.2 Å². The van der Waals surface area contributed by atoms with Crippen LogP contribution in [0.4, 0.5) is 4.79 Å². The van der Waals surface area contributed by atoms with Crippen LogP contribution in [0.2, 0.25) is 0 Å². The lowest BCUT2D eigenvalue weighted by atomic mass is 9.98. The van der Waals surface area contributed by atoms with E-state index in [4.69, 9.17) is 9.47 Å². The molecule has 8 nitrogen and oxygen atoms in total. The first-order valence-electron chi connectivity index (χ1n) is 9.88. The number of benzene rings is 1. The minimum atomic E-state index is -0.922. The van der Waals surface area contributed by atoms with Gasteiger partial charge in [0.25, 0.3) is 5.91 Å². The summed E-state index contributed by atoms with van der Waals surface area (Å²) in [4.78, 5) is 50.3. The van der Waals surface area contributed by atoms with Crippen molar-refractivity contribution in [2.45, 2.75) is 57.1 Å². The molecule has 156 valence electrons. The Morgan fingerprint density at radius 3 is 2.45 bits per heavy atom. The van der Waals surface area contributed by atoms with Crippen molar-refractivity contribution in [3.63, 3.8) is 0 Å². The smallest absolute Gasteiger partial charge is 0.325 e. The van der Waals surface area contributed by atoms with Crippen LogP contribution in [0.25, 0.3) is 0 Å². The summed E-state index contributed by atoms with van der Waals surface area (Å²) in [5, 5.41) is 2.81. The Balaban J connectivity index is 1.45. The molecule has 1 spiro atoms. The summed E-state index contributed by atoms with van der Waals surface area (Å²) < 4.78 is 10.3. The topological polar surface area (TPSA) is 102 Å². The zero-order valence-corrected chi connectivity index (χ0v) is 16.7. The van der Waals surface area contributed by atoms with E-state index in [1.807, 2.05) is 0 Å². The highest BCUT2D eigenvalue weighted by Crippen LogP contribution is 2.35. The number of nitrogens with zero attached hydrogens (tertiary/aromatic N) is 1. The Morgan fingerprint density at radius 2 is 1.83 bits per heavy atom. The fourth-order valence-corrected chi connectivity index (χ4v) is 3.88. The van der Waals surface area contributed by atoms with E-state index in [1.165, 1.54) is 18.9 Å². The standard InChI is InChI=1S/C21H26N2O6/c1-14(18(25)15-7-9-16(28-2)10-8-15)29-17(24)6-5-13-23-19(26)21(22-20(23)27)11-3-4-12-21/h7-10,14H,3-6,11-13H2,1-2H3,(H,22,27)/t14-/m0/s1. The molecule has 3 amide bonds. The predicted octanol–water partition coefficient (Wildman–Crippen LogP) is 2.45. The van der Waals surface area contributed by atoms with Gasteiger partial charge in [-0.1, -0.05) is 12.8 Å². The molecule has 2 fully saturated rings. The number of hydrogen-bond donors (Lipinski definition) is 1. The number of amides is 3. The number of esters is 1. The molecule has 8 heteroatoms. The molecule has 1 aliphatic carbocycles. The van der Waals surface area contributed by atoms with Crippen LogP contribution < -0.4 is 10.1 Å². The molecule has 1 N–H and O–H groups in total. The lowest BCUT2D eigenvalue weighted by Gasteiger charge is -2.20. The number of carbonyl (C=O) groups excluding carboxylic acids is 4. The summed E-state index contributed by atoms with van der Waals surface area (Å²) in [5.41, 5.74) is -0.316. The summed E-state index contributed by atoms with van der Waals surface area (Å²) in [6.45, 7) is 1.67. The van der Waals surface area contributed by atoms with Crippen LogP contribution in [0.15, 0.2) is 24.3 Å². The summed E-state index contributed by atoms with van der Waals surface area (Å²) in [6.07, 6.45) is 2.57. The SMILES string of the molecule is COc1ccc(C(=O)[C@H](C)OC(=O)CCCN2C(=O)NC3(CCCC3)C2=O)cc1. The minimum absolute atomic E-state index is 0.0181. The van der Waals surface area contributed by atoms with Gasteiger partial charge in [-0.25, -0.2) is 4.79 Å². The molecule has 0 unspecified atom stereocenters. The van der Waals surface area contributed by atoms with Gasteiger partial charge in [-0.15, -0.1) is 0 Å². The maximum atomic E-state index is 12.6. The molecule has 1 heterocycles. The van der Waals surface area contributed by atoms with Crippen molar-refractivity contribution in [2.75, 3.05) is 13.7 Å². The molecule has 1 aromatic rings. The van der Waals surface area contributed by atoms with Crippen LogP contribution in [0.1, 0.15) is 55.8 Å². The molecule has 1 atom stereocenters. The van der Waals surface area contributed by atoms with E-state index in [1.54, 1.807) is 24.3 Å². The molecule has 1 saturated carbocycles. The highest BCUT2D eigenvalue weighted by atomic mass is 16.5. The quantitative estimate of drug-likeness (QED) is 0.407. The monoisotopic (exact) mass is 402 g/mol. The summed E-state index contributed by atoms with van der Waals surface area (Å²) in [7, 11) is 1.54. The van der Waals surface area contributed by atoms with Gasteiger partial charge in [-0.05, 0) is 50.5 Å². The number of rotatable bonds is 8. The number of imide groups is 1. The second kappa shape index (κ2) is 8.63. The number of carbonyl (C=O) groups is 4. The molecule has 3 rings (SSSR count). The third kappa shape index (κ3) is 4.41. The fourth-order valence-electron chi connectivity index (χ4n) is 3.88. The Hall–Kier alpha value is -2.90. The maximum absolute atomic E-state index is 12.6. The van der Waals surface area contributed by atoms with Gasteiger partial charge in [0.05, 0.1) is 7.11 Å². The van der Waals surface area contributed by atoms with E-state index in [0.717, 1.165) is 12.8 Å². The van der Waals surface area contributed by atoms with Gasteiger partial charge < -0.3 is 14.8 Å². The number of urea groups is 1. The summed E-state index contributed by atoms with van der Waals surface area (Å²) in [5.74, 6) is -0.414. The molecule has 0 bridgehead atoms. The van der Waals surface area contributed by atoms with E-state index in [0.29, 0.717) is 24.2 Å². The third-order valence-electron chi connectivity index (χ3n) is 5.52. The molecule has 2 aliphatic rings. The first-order chi connectivity index (χ1) is 13.9. The van der Waals surface area contributed by atoms with Crippen LogP contribution in [-0.4, -0.2) is 53.9 Å². The fraction of sp³-hybridized carbons (Fsp3) is 0.524. The van der Waals surface area contributed by atoms with E-state index in [2.05, 4.69) is 5.32 Å². The lowest BCUT2D eigenvalue weighted by molar-refractivity contribution is -0.146. The van der Waals surface area contributed by atoms with Crippen LogP contribution in [0, 0.1) is 0 Å². The molecule has 1 aromatic carbocycles. The largest absolute Gasteiger partial charge is 0.497 e. The Kier molecular flexibility index (Phi) is 6.20. The number of ether oxygens (including phenoxy) is 2. The normalized spacial score (nSPS) is 18.6. The Bertz CT molecular complexity index is 798. The van der Waals surface area contributed by atoms with Crippen LogP contribution in [0.5, 0.6) is 5.75 Å².